The van der Waals surface area contributed by atoms with Crippen molar-refractivity contribution in [2.24, 2.45) is 0 Å². The number of nitrogens with zero attached hydrogens (tertiary/aromatic N) is 1. The van der Waals surface area contributed by atoms with E-state index in [4.69, 9.17) is 0 Å². The van der Waals surface area contributed by atoms with Gasteiger partial charge in [-0.1, -0.05) is 12.8 Å². The minimum atomic E-state index is -0.591. The highest BCUT2D eigenvalue weighted by molar-refractivity contribution is 7.98. The van der Waals surface area contributed by atoms with Gasteiger partial charge in [0, 0.05) is 35.8 Å². The standard InChI is InChI=1S/C18H25N3O2S/c1-24-16-8-6-13(7-9-16)19-17(22)18(23)20-14-10-11-21(12-14)15-4-2-3-5-15/h6-9,14-15H,2-5,10-12H2,1H3,(H,19,22)(H,20,23)/t14-/m1/s1. The second-order valence-corrected chi connectivity index (χ2v) is 7.45. The Morgan fingerprint density at radius 3 is 2.46 bits per heavy atom. The highest BCUT2D eigenvalue weighted by Crippen LogP contribution is 2.26. The topological polar surface area (TPSA) is 61.4 Å². The van der Waals surface area contributed by atoms with Gasteiger partial charge < -0.3 is 10.6 Å². The van der Waals surface area contributed by atoms with Crippen molar-refractivity contribution in [3.05, 3.63) is 24.3 Å². The van der Waals surface area contributed by atoms with Crippen LogP contribution in [0.3, 0.4) is 0 Å². The van der Waals surface area contributed by atoms with E-state index in [0.29, 0.717) is 11.7 Å². The van der Waals surface area contributed by atoms with E-state index in [1.807, 2.05) is 30.5 Å². The van der Waals surface area contributed by atoms with Gasteiger partial charge in [0.1, 0.15) is 0 Å². The van der Waals surface area contributed by atoms with Crippen molar-refractivity contribution < 1.29 is 9.59 Å². The lowest BCUT2D eigenvalue weighted by Gasteiger charge is -2.23. The Bertz CT molecular complexity index is 584. The summed E-state index contributed by atoms with van der Waals surface area (Å²) in [6.07, 6.45) is 8.10. The van der Waals surface area contributed by atoms with Crippen LogP contribution in [0.1, 0.15) is 32.1 Å². The summed E-state index contributed by atoms with van der Waals surface area (Å²) < 4.78 is 0. The van der Waals surface area contributed by atoms with Crippen molar-refractivity contribution in [2.75, 3.05) is 24.7 Å². The summed E-state index contributed by atoms with van der Waals surface area (Å²) in [6, 6.07) is 8.24. The number of hydrogen-bond acceptors (Lipinski definition) is 4. The molecule has 0 unspecified atom stereocenters. The number of amides is 2. The molecule has 6 heteroatoms. The number of anilines is 1. The number of hydrogen-bond donors (Lipinski definition) is 2. The zero-order valence-electron chi connectivity index (χ0n) is 14.1. The molecule has 2 fully saturated rings. The Morgan fingerprint density at radius 2 is 1.79 bits per heavy atom. The molecule has 5 nitrogen and oxygen atoms in total. The first-order chi connectivity index (χ1) is 11.7. The molecule has 1 aromatic carbocycles. The fourth-order valence-corrected chi connectivity index (χ4v) is 4.03. The molecule has 2 amide bonds. The average Bonchev–Trinajstić information content (AvgIpc) is 3.26. The Morgan fingerprint density at radius 1 is 1.08 bits per heavy atom. The molecule has 1 atom stereocenters. The predicted molar refractivity (Wildman–Crippen MR) is 97.2 cm³/mol. The molecule has 130 valence electrons. The maximum atomic E-state index is 12.1. The lowest BCUT2D eigenvalue weighted by Crippen LogP contribution is -2.43. The summed E-state index contributed by atoms with van der Waals surface area (Å²) in [5.41, 5.74) is 0.645. The Kier molecular flexibility index (Phi) is 5.79. The van der Waals surface area contributed by atoms with Gasteiger partial charge in [0.25, 0.3) is 0 Å². The molecule has 1 aliphatic carbocycles. The van der Waals surface area contributed by atoms with Gasteiger partial charge >= 0.3 is 11.8 Å². The molecule has 1 aromatic rings. The average molecular weight is 347 g/mol. The monoisotopic (exact) mass is 347 g/mol. The first-order valence-electron chi connectivity index (χ1n) is 8.65. The number of carbonyl (C=O) groups excluding carboxylic acids is 2. The van der Waals surface area contributed by atoms with Crippen LogP contribution in [0.15, 0.2) is 29.2 Å². The van der Waals surface area contributed by atoms with Gasteiger partial charge in [0.15, 0.2) is 0 Å². The van der Waals surface area contributed by atoms with Crippen molar-refractivity contribution in [1.82, 2.24) is 10.2 Å². The molecule has 1 aliphatic heterocycles. The van der Waals surface area contributed by atoms with Crippen molar-refractivity contribution in [3.63, 3.8) is 0 Å². The number of thioether (sulfide) groups is 1. The van der Waals surface area contributed by atoms with E-state index in [9.17, 15) is 9.59 Å². The van der Waals surface area contributed by atoms with Gasteiger partial charge in [-0.25, -0.2) is 0 Å². The Balaban J connectivity index is 1.46. The number of benzene rings is 1. The zero-order chi connectivity index (χ0) is 16.9. The second kappa shape index (κ2) is 8.03. The summed E-state index contributed by atoms with van der Waals surface area (Å²) in [7, 11) is 0. The molecule has 0 aromatic heterocycles. The van der Waals surface area contributed by atoms with Crippen LogP contribution >= 0.6 is 11.8 Å². The van der Waals surface area contributed by atoms with E-state index >= 15 is 0 Å². The number of nitrogens with one attached hydrogen (secondary N) is 2. The summed E-state index contributed by atoms with van der Waals surface area (Å²) >= 11 is 1.64. The van der Waals surface area contributed by atoms with E-state index in [0.717, 1.165) is 24.4 Å². The Labute approximate surface area is 147 Å². The van der Waals surface area contributed by atoms with Gasteiger partial charge in [-0.2, -0.15) is 0 Å². The lowest BCUT2D eigenvalue weighted by atomic mass is 10.2. The predicted octanol–water partition coefficient (Wildman–Crippen LogP) is 2.48. The van der Waals surface area contributed by atoms with E-state index in [1.54, 1.807) is 11.8 Å². The van der Waals surface area contributed by atoms with Gasteiger partial charge in [-0.05, 0) is 49.8 Å². The molecule has 1 saturated heterocycles. The molecular weight excluding hydrogens is 322 g/mol. The number of likely N-dealkylation sites (tertiary alicyclic amines) is 1. The van der Waals surface area contributed by atoms with Crippen molar-refractivity contribution in [3.8, 4) is 0 Å². The lowest BCUT2D eigenvalue weighted by molar-refractivity contribution is -0.136. The zero-order valence-corrected chi connectivity index (χ0v) is 14.9. The van der Waals surface area contributed by atoms with Gasteiger partial charge in [-0.15, -0.1) is 11.8 Å². The maximum absolute atomic E-state index is 12.1. The van der Waals surface area contributed by atoms with Gasteiger partial charge in [0.2, 0.25) is 0 Å². The minimum Gasteiger partial charge on any atom is -0.344 e. The maximum Gasteiger partial charge on any atom is 0.313 e. The normalized spacial score (nSPS) is 21.8. The van der Waals surface area contributed by atoms with Crippen molar-refractivity contribution >= 4 is 29.3 Å². The van der Waals surface area contributed by atoms with Crippen LogP contribution in [-0.2, 0) is 9.59 Å². The molecule has 2 N–H and O–H groups in total. The highest BCUT2D eigenvalue weighted by Gasteiger charge is 2.31. The summed E-state index contributed by atoms with van der Waals surface area (Å²) in [4.78, 5) is 27.7. The fourth-order valence-electron chi connectivity index (χ4n) is 3.62. The van der Waals surface area contributed by atoms with Crippen LogP contribution in [0.2, 0.25) is 0 Å². The smallest absolute Gasteiger partial charge is 0.313 e. The van der Waals surface area contributed by atoms with Gasteiger partial charge in [-0.3, -0.25) is 14.5 Å². The molecule has 2 aliphatic rings. The quantitative estimate of drug-likeness (QED) is 0.649. The summed E-state index contributed by atoms with van der Waals surface area (Å²) in [5.74, 6) is -1.13. The van der Waals surface area contributed by atoms with E-state index in [2.05, 4.69) is 15.5 Å². The molecule has 1 saturated carbocycles. The van der Waals surface area contributed by atoms with E-state index < -0.39 is 11.8 Å². The molecule has 0 bridgehead atoms. The number of carbonyl (C=O) groups is 2. The third kappa shape index (κ3) is 4.30. The van der Waals surface area contributed by atoms with E-state index in [-0.39, 0.29) is 6.04 Å². The molecule has 1 heterocycles. The van der Waals surface area contributed by atoms with Crippen LogP contribution in [-0.4, -0.2) is 48.1 Å². The SMILES string of the molecule is CSc1ccc(NC(=O)C(=O)N[C@@H]2CCN(C3CCCC3)C2)cc1. The molecule has 0 spiro atoms. The molecule has 3 rings (SSSR count). The minimum absolute atomic E-state index is 0.0858. The van der Waals surface area contributed by atoms with Gasteiger partial charge in [0.05, 0.1) is 0 Å². The van der Waals surface area contributed by atoms with Crippen LogP contribution in [0, 0.1) is 0 Å². The van der Waals surface area contributed by atoms with E-state index in [1.165, 1.54) is 25.7 Å². The Hall–Kier alpha value is -1.53. The largest absolute Gasteiger partial charge is 0.344 e. The molecule has 24 heavy (non-hydrogen) atoms. The van der Waals surface area contributed by atoms with Crippen LogP contribution < -0.4 is 10.6 Å². The third-order valence-corrected chi connectivity index (χ3v) is 5.69. The van der Waals surface area contributed by atoms with Crippen LogP contribution in [0.25, 0.3) is 0 Å². The highest BCUT2D eigenvalue weighted by atomic mass is 32.2. The van der Waals surface area contributed by atoms with Crippen molar-refractivity contribution in [1.29, 1.82) is 0 Å². The van der Waals surface area contributed by atoms with Crippen LogP contribution in [0.5, 0.6) is 0 Å². The first kappa shape index (κ1) is 17.3. The summed E-state index contributed by atoms with van der Waals surface area (Å²) in [5, 5.41) is 5.54. The third-order valence-electron chi connectivity index (χ3n) is 4.95. The fraction of sp³-hybridized carbons (Fsp3) is 0.556. The molecular formula is C18H25N3O2S. The summed E-state index contributed by atoms with van der Waals surface area (Å²) in [6.45, 7) is 1.89. The molecule has 0 radical (unpaired) electrons. The van der Waals surface area contributed by atoms with Crippen LogP contribution in [0.4, 0.5) is 5.69 Å². The number of rotatable bonds is 4. The second-order valence-electron chi connectivity index (χ2n) is 6.57. The first-order valence-corrected chi connectivity index (χ1v) is 9.88. The van der Waals surface area contributed by atoms with Crippen molar-refractivity contribution in [2.45, 2.75) is 49.1 Å².